The Hall–Kier alpha value is -2.08. The van der Waals surface area contributed by atoms with Crippen molar-refractivity contribution in [1.82, 2.24) is 20.4 Å². The second-order valence-electron chi connectivity index (χ2n) is 5.92. The average Bonchev–Trinajstić information content (AvgIpc) is 3.18. The molecule has 0 spiro atoms. The van der Waals surface area contributed by atoms with E-state index < -0.39 is 0 Å². The molecule has 1 unspecified atom stereocenters. The number of aryl methyl sites for hydroxylation is 2. The second kappa shape index (κ2) is 5.96. The fourth-order valence-electron chi connectivity index (χ4n) is 3.05. The number of aromatic nitrogens is 2. The molecule has 0 radical (unpaired) electrons. The van der Waals surface area contributed by atoms with Gasteiger partial charge >= 0.3 is 0 Å². The maximum atomic E-state index is 12.4. The lowest BCUT2D eigenvalue weighted by molar-refractivity contribution is 0.0949. The van der Waals surface area contributed by atoms with Gasteiger partial charge < -0.3 is 15.2 Å². The topological polar surface area (TPSA) is 72.1 Å². The largest absolute Gasteiger partial charge is 0.360 e. The molecule has 1 amide bonds. The Balaban J connectivity index is 1.78. The molecule has 6 heteroatoms. The number of rotatable bonds is 4. The van der Waals surface area contributed by atoms with Crippen molar-refractivity contribution in [2.45, 2.75) is 39.7 Å². The van der Waals surface area contributed by atoms with Crippen molar-refractivity contribution in [2.24, 2.45) is 0 Å². The molecule has 1 atom stereocenters. The summed E-state index contributed by atoms with van der Waals surface area (Å²) < 4.78 is 7.08. The van der Waals surface area contributed by atoms with Crippen molar-refractivity contribution in [2.75, 3.05) is 13.1 Å². The van der Waals surface area contributed by atoms with E-state index in [1.54, 1.807) is 0 Å². The summed E-state index contributed by atoms with van der Waals surface area (Å²) in [5.41, 5.74) is 2.54. The predicted molar refractivity (Wildman–Crippen MR) is 83.4 cm³/mol. The second-order valence-corrected chi connectivity index (χ2v) is 5.92. The van der Waals surface area contributed by atoms with Gasteiger partial charge in [-0.1, -0.05) is 5.16 Å². The zero-order valence-electron chi connectivity index (χ0n) is 13.3. The van der Waals surface area contributed by atoms with Gasteiger partial charge in [-0.3, -0.25) is 9.36 Å². The smallest absolute Gasteiger partial charge is 0.253 e. The molecule has 0 saturated carbocycles. The summed E-state index contributed by atoms with van der Waals surface area (Å²) in [7, 11) is 0. The minimum Gasteiger partial charge on any atom is -0.360 e. The fraction of sp³-hybridized carbons (Fsp3) is 0.500. The van der Waals surface area contributed by atoms with Crippen LogP contribution < -0.4 is 10.6 Å². The number of amides is 1. The lowest BCUT2D eigenvalue weighted by Crippen LogP contribution is -2.37. The normalized spacial score (nSPS) is 17.9. The highest BCUT2D eigenvalue weighted by atomic mass is 16.5. The van der Waals surface area contributed by atoms with Crippen LogP contribution in [0, 0.1) is 20.8 Å². The van der Waals surface area contributed by atoms with Crippen molar-refractivity contribution in [1.29, 1.82) is 0 Å². The van der Waals surface area contributed by atoms with Crippen molar-refractivity contribution in [3.8, 4) is 5.82 Å². The van der Waals surface area contributed by atoms with Crippen molar-refractivity contribution in [3.05, 3.63) is 34.8 Å². The third-order valence-corrected chi connectivity index (χ3v) is 4.19. The molecule has 22 heavy (non-hydrogen) atoms. The molecule has 1 aliphatic rings. The SMILES string of the molecule is Cc1cc(-n2c(C)cc(C(=O)NCC3CCCN3)c2C)no1. The molecular formula is C16H22N4O2. The van der Waals surface area contributed by atoms with E-state index in [4.69, 9.17) is 4.52 Å². The van der Waals surface area contributed by atoms with Crippen LogP contribution in [0.25, 0.3) is 5.82 Å². The first-order valence-electron chi connectivity index (χ1n) is 7.70. The number of hydrogen-bond acceptors (Lipinski definition) is 4. The molecule has 1 aliphatic heterocycles. The molecule has 0 aliphatic carbocycles. The van der Waals surface area contributed by atoms with Gasteiger partial charge in [0.25, 0.3) is 5.91 Å². The van der Waals surface area contributed by atoms with Crippen LogP contribution in [0.2, 0.25) is 0 Å². The lowest BCUT2D eigenvalue weighted by atomic mass is 10.2. The molecule has 3 rings (SSSR count). The molecule has 2 N–H and O–H groups in total. The van der Waals surface area contributed by atoms with E-state index in [0.717, 1.165) is 30.1 Å². The Morgan fingerprint density at radius 3 is 2.91 bits per heavy atom. The number of carbonyl (C=O) groups is 1. The van der Waals surface area contributed by atoms with E-state index in [1.807, 2.05) is 37.5 Å². The van der Waals surface area contributed by atoms with Gasteiger partial charge in [0.15, 0.2) is 5.82 Å². The summed E-state index contributed by atoms with van der Waals surface area (Å²) in [6.45, 7) is 7.46. The molecule has 2 aromatic rings. The summed E-state index contributed by atoms with van der Waals surface area (Å²) in [4.78, 5) is 12.4. The van der Waals surface area contributed by atoms with Crippen LogP contribution >= 0.6 is 0 Å². The van der Waals surface area contributed by atoms with Crippen molar-refractivity contribution < 1.29 is 9.32 Å². The molecule has 118 valence electrons. The van der Waals surface area contributed by atoms with Gasteiger partial charge in [0.1, 0.15) is 5.76 Å². The zero-order chi connectivity index (χ0) is 15.7. The van der Waals surface area contributed by atoms with Gasteiger partial charge in [-0.15, -0.1) is 0 Å². The molecule has 1 saturated heterocycles. The monoisotopic (exact) mass is 302 g/mol. The summed E-state index contributed by atoms with van der Waals surface area (Å²) >= 11 is 0. The van der Waals surface area contributed by atoms with E-state index >= 15 is 0 Å². The highest BCUT2D eigenvalue weighted by molar-refractivity contribution is 5.95. The molecule has 6 nitrogen and oxygen atoms in total. The van der Waals surface area contributed by atoms with Gasteiger partial charge in [0.05, 0.1) is 5.56 Å². The Bertz CT molecular complexity index is 680. The highest BCUT2D eigenvalue weighted by Crippen LogP contribution is 2.20. The van der Waals surface area contributed by atoms with E-state index in [9.17, 15) is 4.79 Å². The van der Waals surface area contributed by atoms with Crippen LogP contribution in [0.4, 0.5) is 0 Å². The maximum Gasteiger partial charge on any atom is 0.253 e. The predicted octanol–water partition coefficient (Wildman–Crippen LogP) is 1.87. The van der Waals surface area contributed by atoms with Gasteiger partial charge in [0, 0.05) is 30.0 Å². The van der Waals surface area contributed by atoms with Crippen molar-refractivity contribution in [3.63, 3.8) is 0 Å². The van der Waals surface area contributed by atoms with Crippen molar-refractivity contribution >= 4 is 5.91 Å². The number of nitrogens with zero attached hydrogens (tertiary/aromatic N) is 2. The molecule has 1 fully saturated rings. The number of carbonyl (C=O) groups excluding carboxylic acids is 1. The van der Waals surface area contributed by atoms with Crippen LogP contribution in [0.1, 0.15) is 40.3 Å². The van der Waals surface area contributed by atoms with E-state index in [0.29, 0.717) is 24.0 Å². The third kappa shape index (κ3) is 2.78. The summed E-state index contributed by atoms with van der Waals surface area (Å²) in [6.07, 6.45) is 2.30. The third-order valence-electron chi connectivity index (χ3n) is 4.19. The van der Waals surface area contributed by atoms with E-state index in [-0.39, 0.29) is 5.91 Å². The zero-order valence-corrected chi connectivity index (χ0v) is 13.3. The van der Waals surface area contributed by atoms with E-state index in [2.05, 4.69) is 15.8 Å². The average molecular weight is 302 g/mol. The molecule has 0 aromatic carbocycles. The molecule has 2 aromatic heterocycles. The van der Waals surface area contributed by atoms with Crippen LogP contribution in [-0.4, -0.2) is 34.8 Å². The van der Waals surface area contributed by atoms with Gasteiger partial charge in [-0.25, -0.2) is 0 Å². The van der Waals surface area contributed by atoms with Gasteiger partial charge in [0.2, 0.25) is 0 Å². The lowest BCUT2D eigenvalue weighted by Gasteiger charge is -2.11. The number of hydrogen-bond donors (Lipinski definition) is 2. The minimum atomic E-state index is -0.0340. The van der Waals surface area contributed by atoms with Crippen LogP contribution in [0.15, 0.2) is 16.7 Å². The highest BCUT2D eigenvalue weighted by Gasteiger charge is 2.20. The maximum absolute atomic E-state index is 12.4. The minimum absolute atomic E-state index is 0.0340. The van der Waals surface area contributed by atoms with Crippen LogP contribution in [0.5, 0.6) is 0 Å². The summed E-state index contributed by atoms with van der Waals surface area (Å²) in [6, 6.07) is 4.16. The summed E-state index contributed by atoms with van der Waals surface area (Å²) in [5.74, 6) is 1.43. The Morgan fingerprint density at radius 1 is 1.45 bits per heavy atom. The summed E-state index contributed by atoms with van der Waals surface area (Å²) in [5, 5.41) is 10.4. The van der Waals surface area contributed by atoms with Crippen LogP contribution in [0.3, 0.4) is 0 Å². The first-order chi connectivity index (χ1) is 10.6. The Labute approximate surface area is 129 Å². The molecule has 3 heterocycles. The van der Waals surface area contributed by atoms with Crippen LogP contribution in [-0.2, 0) is 0 Å². The fourth-order valence-corrected chi connectivity index (χ4v) is 3.05. The van der Waals surface area contributed by atoms with E-state index in [1.165, 1.54) is 6.42 Å². The molecular weight excluding hydrogens is 280 g/mol. The first kappa shape index (κ1) is 14.8. The van der Waals surface area contributed by atoms with Gasteiger partial charge in [-0.05, 0) is 46.2 Å². The first-order valence-corrected chi connectivity index (χ1v) is 7.70. The number of nitrogens with one attached hydrogen (secondary N) is 2. The molecule has 0 bridgehead atoms. The van der Waals surface area contributed by atoms with Gasteiger partial charge in [-0.2, -0.15) is 0 Å². The Morgan fingerprint density at radius 2 is 2.27 bits per heavy atom. The Kier molecular flexibility index (Phi) is 4.02. The standard InChI is InChI=1S/C16H22N4O2/c1-10-7-14(16(21)18-9-13-5-4-6-17-13)12(3)20(10)15-8-11(2)22-19-15/h7-8,13,17H,4-6,9H2,1-3H3,(H,18,21). The quantitative estimate of drug-likeness (QED) is 0.904.